The Morgan fingerprint density at radius 1 is 0.413 bits per heavy atom. The Balaban J connectivity index is 3.26. The van der Waals surface area contributed by atoms with Crippen molar-refractivity contribution < 1.29 is 9.53 Å². The van der Waals surface area contributed by atoms with Crippen molar-refractivity contribution in [1.82, 2.24) is 0 Å². The van der Waals surface area contributed by atoms with Gasteiger partial charge < -0.3 is 4.74 Å². The summed E-state index contributed by atoms with van der Waals surface area (Å²) in [6.45, 7) is 7.25. The van der Waals surface area contributed by atoms with E-state index in [2.05, 4.69) is 32.9 Å². The molecule has 0 aliphatic carbocycles. The molecule has 1 atom stereocenters. The molecule has 0 saturated heterocycles. The van der Waals surface area contributed by atoms with Gasteiger partial charge in [0.05, 0.1) is 12.5 Å². The van der Waals surface area contributed by atoms with Crippen LogP contribution in [0.15, 0.2) is 12.2 Å². The summed E-state index contributed by atoms with van der Waals surface area (Å²) < 4.78 is 5.55. The smallest absolute Gasteiger partial charge is 0.308 e. The first-order chi connectivity index (χ1) is 22.7. The van der Waals surface area contributed by atoms with E-state index in [0.29, 0.717) is 6.61 Å². The number of ether oxygens (including phenoxy) is 1. The molecule has 0 bridgehead atoms. The van der Waals surface area contributed by atoms with Gasteiger partial charge in [0.2, 0.25) is 0 Å². The van der Waals surface area contributed by atoms with Crippen molar-refractivity contribution in [2.75, 3.05) is 6.61 Å². The monoisotopic (exact) mass is 647 g/mol. The lowest BCUT2D eigenvalue weighted by Gasteiger charge is -2.11. The van der Waals surface area contributed by atoms with Crippen LogP contribution in [0, 0.1) is 5.92 Å². The summed E-state index contributed by atoms with van der Waals surface area (Å²) in [6.07, 6.45) is 53.8. The van der Waals surface area contributed by atoms with Gasteiger partial charge in [0.15, 0.2) is 0 Å². The van der Waals surface area contributed by atoms with Gasteiger partial charge >= 0.3 is 5.97 Å². The molecule has 2 nitrogen and oxygen atoms in total. The van der Waals surface area contributed by atoms with Crippen molar-refractivity contribution in [1.29, 1.82) is 0 Å². The standard InChI is InChI=1S/C44H86O2/c1-4-6-8-10-12-14-16-17-18-19-20-21-22-23-24-25-26-27-28-29-30-31-33-35-37-39-41-43(3)44(45)46-42-40-38-36-34-32-15-13-11-9-7-5-2/h19-20,43H,4-18,21-42H2,1-3H3. The van der Waals surface area contributed by atoms with E-state index in [-0.39, 0.29) is 11.9 Å². The van der Waals surface area contributed by atoms with Crippen molar-refractivity contribution >= 4 is 5.97 Å². The zero-order valence-corrected chi connectivity index (χ0v) is 32.2. The molecule has 0 N–H and O–H groups in total. The van der Waals surface area contributed by atoms with E-state index < -0.39 is 0 Å². The van der Waals surface area contributed by atoms with Gasteiger partial charge in [-0.05, 0) is 38.5 Å². The van der Waals surface area contributed by atoms with Gasteiger partial charge in [-0.25, -0.2) is 0 Å². The van der Waals surface area contributed by atoms with Crippen molar-refractivity contribution in [2.24, 2.45) is 5.92 Å². The maximum Gasteiger partial charge on any atom is 0.308 e. The van der Waals surface area contributed by atoms with Gasteiger partial charge in [0, 0.05) is 0 Å². The lowest BCUT2D eigenvalue weighted by Crippen LogP contribution is -2.15. The number of allylic oxidation sites excluding steroid dienone is 2. The van der Waals surface area contributed by atoms with Crippen LogP contribution < -0.4 is 0 Å². The van der Waals surface area contributed by atoms with E-state index in [1.165, 1.54) is 218 Å². The summed E-state index contributed by atoms with van der Waals surface area (Å²) in [4.78, 5) is 12.3. The zero-order valence-electron chi connectivity index (χ0n) is 32.2. The third-order valence-electron chi connectivity index (χ3n) is 10.0. The summed E-state index contributed by atoms with van der Waals surface area (Å²) in [6, 6.07) is 0. The molecule has 0 amide bonds. The molecule has 0 aromatic rings. The third kappa shape index (κ3) is 37.7. The van der Waals surface area contributed by atoms with Crippen molar-refractivity contribution in [2.45, 2.75) is 252 Å². The Labute approximate surface area is 291 Å². The summed E-state index contributed by atoms with van der Waals surface area (Å²) in [5.74, 6) is 0.0998. The number of unbranched alkanes of at least 4 members (excludes halogenated alkanes) is 32. The Morgan fingerprint density at radius 2 is 0.696 bits per heavy atom. The highest BCUT2D eigenvalue weighted by atomic mass is 16.5. The Morgan fingerprint density at radius 3 is 1.04 bits per heavy atom. The lowest BCUT2D eigenvalue weighted by molar-refractivity contribution is -0.148. The number of rotatable bonds is 39. The van der Waals surface area contributed by atoms with Crippen LogP contribution in [0.1, 0.15) is 252 Å². The average molecular weight is 647 g/mol. The molecule has 0 aromatic heterocycles. The molecular formula is C44H86O2. The highest BCUT2D eigenvalue weighted by Gasteiger charge is 2.13. The second-order valence-corrected chi connectivity index (χ2v) is 14.9. The topological polar surface area (TPSA) is 26.3 Å². The van der Waals surface area contributed by atoms with Crippen LogP contribution in [0.3, 0.4) is 0 Å². The van der Waals surface area contributed by atoms with Gasteiger partial charge in [-0.2, -0.15) is 0 Å². The average Bonchev–Trinajstić information content (AvgIpc) is 3.06. The largest absolute Gasteiger partial charge is 0.465 e. The van der Waals surface area contributed by atoms with Gasteiger partial charge in [-0.3, -0.25) is 4.79 Å². The highest BCUT2D eigenvalue weighted by molar-refractivity contribution is 5.71. The summed E-state index contributed by atoms with van der Waals surface area (Å²) in [5.41, 5.74) is 0. The summed E-state index contributed by atoms with van der Waals surface area (Å²) in [7, 11) is 0. The molecule has 1 unspecified atom stereocenters. The van der Waals surface area contributed by atoms with Crippen LogP contribution in [0.25, 0.3) is 0 Å². The molecule has 0 aromatic carbocycles. The van der Waals surface area contributed by atoms with E-state index in [4.69, 9.17) is 4.74 Å². The predicted molar refractivity (Wildman–Crippen MR) is 207 cm³/mol. The van der Waals surface area contributed by atoms with E-state index >= 15 is 0 Å². The molecule has 0 heterocycles. The van der Waals surface area contributed by atoms with Crippen LogP contribution >= 0.6 is 0 Å². The van der Waals surface area contributed by atoms with E-state index in [1.54, 1.807) is 0 Å². The van der Waals surface area contributed by atoms with Crippen LogP contribution in [0.4, 0.5) is 0 Å². The molecule has 2 heteroatoms. The number of hydrogen-bond acceptors (Lipinski definition) is 2. The summed E-state index contributed by atoms with van der Waals surface area (Å²) >= 11 is 0. The fourth-order valence-electron chi connectivity index (χ4n) is 6.66. The van der Waals surface area contributed by atoms with Gasteiger partial charge in [0.1, 0.15) is 0 Å². The molecule has 0 radical (unpaired) electrons. The SMILES string of the molecule is CCCCCCCCCCC=CCCCCCCCCCCCCCCCCC(C)C(=O)OCCCCCCCCCCCCC. The first kappa shape index (κ1) is 45.2. The first-order valence-corrected chi connectivity index (χ1v) is 21.5. The van der Waals surface area contributed by atoms with Crippen LogP contribution in [-0.2, 0) is 9.53 Å². The molecule has 0 saturated carbocycles. The van der Waals surface area contributed by atoms with E-state index in [0.717, 1.165) is 12.8 Å². The maximum atomic E-state index is 12.3. The molecule has 274 valence electrons. The lowest BCUT2D eigenvalue weighted by atomic mass is 10.0. The quantitative estimate of drug-likeness (QED) is 0.0377. The van der Waals surface area contributed by atoms with E-state index in [9.17, 15) is 4.79 Å². The van der Waals surface area contributed by atoms with Crippen LogP contribution in [0.2, 0.25) is 0 Å². The van der Waals surface area contributed by atoms with Crippen LogP contribution in [-0.4, -0.2) is 12.6 Å². The number of carbonyl (C=O) groups excluding carboxylic acids is 1. The third-order valence-corrected chi connectivity index (χ3v) is 10.0. The van der Waals surface area contributed by atoms with Gasteiger partial charge in [-0.15, -0.1) is 0 Å². The molecule has 0 fully saturated rings. The molecule has 46 heavy (non-hydrogen) atoms. The molecule has 0 spiro atoms. The molecule has 0 rings (SSSR count). The minimum absolute atomic E-state index is 0.0313. The van der Waals surface area contributed by atoms with Crippen molar-refractivity contribution in [3.05, 3.63) is 12.2 Å². The van der Waals surface area contributed by atoms with Gasteiger partial charge in [0.25, 0.3) is 0 Å². The predicted octanol–water partition coefficient (Wildman–Crippen LogP) is 15.8. The minimum Gasteiger partial charge on any atom is -0.465 e. The summed E-state index contributed by atoms with van der Waals surface area (Å²) in [5, 5.41) is 0. The second-order valence-electron chi connectivity index (χ2n) is 14.9. The number of esters is 1. The molecule has 0 aliphatic rings. The number of hydrogen-bond donors (Lipinski definition) is 0. The molecule has 0 aliphatic heterocycles. The maximum absolute atomic E-state index is 12.3. The zero-order chi connectivity index (χ0) is 33.4. The highest BCUT2D eigenvalue weighted by Crippen LogP contribution is 2.17. The normalized spacial score (nSPS) is 12.3. The number of carbonyl (C=O) groups is 1. The fraction of sp³-hybridized carbons (Fsp3) is 0.932. The Kier molecular flexibility index (Phi) is 39.7. The minimum atomic E-state index is 0.0313. The first-order valence-electron chi connectivity index (χ1n) is 21.5. The second kappa shape index (κ2) is 40.4. The van der Waals surface area contributed by atoms with E-state index in [1.807, 2.05) is 0 Å². The Hall–Kier alpha value is -0.790. The van der Waals surface area contributed by atoms with Crippen molar-refractivity contribution in [3.63, 3.8) is 0 Å². The molecular weight excluding hydrogens is 560 g/mol. The Bertz CT molecular complexity index is 597. The van der Waals surface area contributed by atoms with Crippen LogP contribution in [0.5, 0.6) is 0 Å². The van der Waals surface area contributed by atoms with Crippen molar-refractivity contribution in [3.8, 4) is 0 Å². The fourth-order valence-corrected chi connectivity index (χ4v) is 6.66. The van der Waals surface area contributed by atoms with Gasteiger partial charge in [-0.1, -0.05) is 226 Å².